The Balaban J connectivity index is 1.56. The maximum atomic E-state index is 12.9. The Morgan fingerprint density at radius 3 is 2.38 bits per heavy atom. The normalized spacial score (nSPS) is 47.6. The molecule has 0 aromatic carbocycles. The molecule has 0 aromatic heterocycles. The quantitative estimate of drug-likeness (QED) is 0.448. The fraction of sp³-hybridized carbons (Fsp3) is 0.880. The number of hydrogen-bond donors (Lipinski definition) is 1. The second kappa shape index (κ2) is 8.37. The molecule has 4 saturated carbocycles. The van der Waals surface area contributed by atoms with Gasteiger partial charge in [-0.25, -0.2) is 0 Å². The highest BCUT2D eigenvalue weighted by Crippen LogP contribution is 2.70. The topological polar surface area (TPSA) is 89.9 Å². The summed E-state index contributed by atoms with van der Waals surface area (Å²) in [6.45, 7) is 7.22. The molecule has 2 unspecified atom stereocenters. The Morgan fingerprint density at radius 1 is 1.00 bits per heavy atom. The number of hydrogen-bond acceptors (Lipinski definition) is 6. The first kappa shape index (κ1) is 24.2. The molecule has 0 aliphatic heterocycles. The first-order chi connectivity index (χ1) is 14.9. The second-order valence-corrected chi connectivity index (χ2v) is 12.7. The summed E-state index contributed by atoms with van der Waals surface area (Å²) in [5, 5.41) is 11.4. The molecule has 9 atom stereocenters. The SMILES string of the molecule is CC(=O)OCC(=O)[C@H]1CC[C@H]2[C@@H]3CC(O)[C@@]4(Br)CC(OC(C)=O)CC[C@]4(C)[C@H]3CC[C@]12C. The van der Waals surface area contributed by atoms with E-state index in [2.05, 4.69) is 29.8 Å². The summed E-state index contributed by atoms with van der Waals surface area (Å²) in [4.78, 5) is 35.7. The standard InChI is InChI=1S/C25H37BrO6/c1-14(27)31-13-21(29)20-6-5-18-17-11-22(30)25(26)12-16(32-15(2)28)7-10-24(25,4)19(17)8-9-23(18,20)3/h16-20,22,30H,5-13H2,1-4H3/t16?,17-,18-,19-,20+,22?,23-,24+,25-/m0/s1. The summed E-state index contributed by atoms with van der Waals surface area (Å²) in [5.41, 5.74) is -0.192. The van der Waals surface area contributed by atoms with Crippen molar-refractivity contribution in [2.45, 2.75) is 95.6 Å². The number of rotatable bonds is 4. The molecule has 0 saturated heterocycles. The van der Waals surface area contributed by atoms with Gasteiger partial charge in [0.15, 0.2) is 5.78 Å². The van der Waals surface area contributed by atoms with Crippen LogP contribution in [0.4, 0.5) is 0 Å². The minimum atomic E-state index is -0.523. The highest BCUT2D eigenvalue weighted by Gasteiger charge is 2.67. The molecular weight excluding hydrogens is 476 g/mol. The minimum Gasteiger partial charge on any atom is -0.463 e. The Bertz CT molecular complexity index is 799. The number of carbonyl (C=O) groups excluding carboxylic acids is 3. The smallest absolute Gasteiger partial charge is 0.303 e. The Kier molecular flexibility index (Phi) is 6.32. The van der Waals surface area contributed by atoms with Crippen molar-refractivity contribution in [2.24, 2.45) is 34.5 Å². The fourth-order valence-electron chi connectivity index (χ4n) is 8.33. The number of carbonyl (C=O) groups is 3. The van der Waals surface area contributed by atoms with E-state index in [9.17, 15) is 19.5 Å². The van der Waals surface area contributed by atoms with E-state index in [-0.39, 0.29) is 41.2 Å². The lowest BCUT2D eigenvalue weighted by Crippen LogP contribution is -2.66. The zero-order valence-electron chi connectivity index (χ0n) is 19.7. The predicted octanol–water partition coefficient (Wildman–Crippen LogP) is 4.20. The molecule has 4 aliphatic rings. The summed E-state index contributed by atoms with van der Waals surface area (Å²) in [7, 11) is 0. The van der Waals surface area contributed by atoms with Crippen LogP contribution in [-0.4, -0.2) is 46.0 Å². The zero-order valence-corrected chi connectivity index (χ0v) is 21.3. The third-order valence-corrected chi connectivity index (χ3v) is 11.6. The summed E-state index contributed by atoms with van der Waals surface area (Å²) < 4.78 is 10.1. The minimum absolute atomic E-state index is 0.0444. The van der Waals surface area contributed by atoms with E-state index in [1.807, 2.05) is 0 Å². The number of Topliss-reactive ketones (excluding diaryl/α,β-unsaturated/α-hetero) is 1. The summed E-state index contributed by atoms with van der Waals surface area (Å²) in [6.07, 6.45) is 6.24. The van der Waals surface area contributed by atoms with Crippen LogP contribution >= 0.6 is 15.9 Å². The van der Waals surface area contributed by atoms with E-state index in [1.54, 1.807) is 0 Å². The second-order valence-electron chi connectivity index (χ2n) is 11.3. The number of aliphatic hydroxyl groups excluding tert-OH is 1. The largest absolute Gasteiger partial charge is 0.463 e. The molecule has 0 heterocycles. The molecular formula is C25H37BrO6. The van der Waals surface area contributed by atoms with Crippen LogP contribution in [0.1, 0.15) is 79.1 Å². The van der Waals surface area contributed by atoms with Crippen LogP contribution in [0.2, 0.25) is 0 Å². The number of fused-ring (bicyclic) bond motifs is 5. The zero-order chi connectivity index (χ0) is 23.5. The van der Waals surface area contributed by atoms with Gasteiger partial charge in [-0.15, -0.1) is 0 Å². The highest BCUT2D eigenvalue weighted by atomic mass is 79.9. The average molecular weight is 513 g/mol. The van der Waals surface area contributed by atoms with Crippen molar-refractivity contribution in [1.29, 1.82) is 0 Å². The van der Waals surface area contributed by atoms with Gasteiger partial charge in [0.2, 0.25) is 0 Å². The van der Waals surface area contributed by atoms with Crippen LogP contribution in [0.25, 0.3) is 0 Å². The van der Waals surface area contributed by atoms with Gasteiger partial charge in [0, 0.05) is 26.2 Å². The van der Waals surface area contributed by atoms with Crippen molar-refractivity contribution in [3.8, 4) is 0 Å². The van der Waals surface area contributed by atoms with E-state index in [0.29, 0.717) is 30.6 Å². The Morgan fingerprint density at radius 2 is 1.72 bits per heavy atom. The highest BCUT2D eigenvalue weighted by molar-refractivity contribution is 9.10. The van der Waals surface area contributed by atoms with Gasteiger partial charge in [-0.05, 0) is 73.5 Å². The van der Waals surface area contributed by atoms with Crippen molar-refractivity contribution >= 4 is 33.7 Å². The van der Waals surface area contributed by atoms with E-state index < -0.39 is 16.4 Å². The lowest BCUT2D eigenvalue weighted by molar-refractivity contribution is -0.170. The van der Waals surface area contributed by atoms with Crippen LogP contribution in [-0.2, 0) is 23.9 Å². The van der Waals surface area contributed by atoms with Gasteiger partial charge in [0.1, 0.15) is 12.7 Å². The maximum Gasteiger partial charge on any atom is 0.303 e. The van der Waals surface area contributed by atoms with Gasteiger partial charge in [-0.3, -0.25) is 14.4 Å². The molecule has 180 valence electrons. The average Bonchev–Trinajstić information content (AvgIpc) is 3.05. The van der Waals surface area contributed by atoms with Gasteiger partial charge < -0.3 is 14.6 Å². The molecule has 0 radical (unpaired) electrons. The molecule has 0 aromatic rings. The van der Waals surface area contributed by atoms with Crippen LogP contribution in [0.15, 0.2) is 0 Å². The van der Waals surface area contributed by atoms with Gasteiger partial charge in [0.05, 0.1) is 10.4 Å². The van der Waals surface area contributed by atoms with Crippen LogP contribution in [0.3, 0.4) is 0 Å². The summed E-state index contributed by atoms with van der Waals surface area (Å²) in [6, 6.07) is 0. The summed E-state index contributed by atoms with van der Waals surface area (Å²) >= 11 is 4.00. The molecule has 4 fully saturated rings. The van der Waals surface area contributed by atoms with Crippen molar-refractivity contribution in [3.63, 3.8) is 0 Å². The lowest BCUT2D eigenvalue weighted by atomic mass is 9.44. The lowest BCUT2D eigenvalue weighted by Gasteiger charge is -2.65. The number of ether oxygens (including phenoxy) is 2. The molecule has 4 aliphatic carbocycles. The van der Waals surface area contributed by atoms with Crippen LogP contribution < -0.4 is 0 Å². The van der Waals surface area contributed by atoms with Gasteiger partial charge in [-0.2, -0.15) is 0 Å². The molecule has 1 N–H and O–H groups in total. The Hall–Kier alpha value is -0.950. The predicted molar refractivity (Wildman–Crippen MR) is 122 cm³/mol. The van der Waals surface area contributed by atoms with Gasteiger partial charge in [-0.1, -0.05) is 29.8 Å². The van der Waals surface area contributed by atoms with Crippen molar-refractivity contribution in [3.05, 3.63) is 0 Å². The first-order valence-electron chi connectivity index (χ1n) is 12.1. The number of esters is 2. The number of aliphatic hydroxyl groups is 1. The molecule has 0 bridgehead atoms. The number of halogens is 1. The molecule has 0 spiro atoms. The molecule has 4 rings (SSSR count). The van der Waals surface area contributed by atoms with Crippen molar-refractivity contribution < 1.29 is 29.0 Å². The fourth-order valence-corrected chi connectivity index (χ4v) is 9.38. The maximum absolute atomic E-state index is 12.9. The van der Waals surface area contributed by atoms with Crippen molar-refractivity contribution in [2.75, 3.05) is 6.61 Å². The van der Waals surface area contributed by atoms with Crippen LogP contribution in [0.5, 0.6) is 0 Å². The molecule has 0 amide bonds. The molecule has 32 heavy (non-hydrogen) atoms. The van der Waals surface area contributed by atoms with E-state index in [4.69, 9.17) is 9.47 Å². The van der Waals surface area contributed by atoms with E-state index in [0.717, 1.165) is 38.5 Å². The molecule has 6 nitrogen and oxygen atoms in total. The molecule has 7 heteroatoms. The summed E-state index contributed by atoms with van der Waals surface area (Å²) in [5.74, 6) is 0.517. The van der Waals surface area contributed by atoms with Crippen LogP contribution in [0, 0.1) is 34.5 Å². The van der Waals surface area contributed by atoms with Gasteiger partial charge in [0.25, 0.3) is 0 Å². The monoisotopic (exact) mass is 512 g/mol. The number of alkyl halides is 1. The van der Waals surface area contributed by atoms with Gasteiger partial charge >= 0.3 is 11.9 Å². The van der Waals surface area contributed by atoms with E-state index >= 15 is 0 Å². The number of ketones is 1. The van der Waals surface area contributed by atoms with Crippen molar-refractivity contribution in [1.82, 2.24) is 0 Å². The van der Waals surface area contributed by atoms with E-state index in [1.165, 1.54) is 13.8 Å². The third-order valence-electron chi connectivity index (χ3n) is 9.88. The first-order valence-corrected chi connectivity index (χ1v) is 12.9. The third kappa shape index (κ3) is 3.66. The Labute approximate surface area is 199 Å².